The third-order valence-electron chi connectivity index (χ3n) is 1.56. The summed E-state index contributed by atoms with van der Waals surface area (Å²) < 4.78 is 0. The van der Waals surface area contributed by atoms with E-state index < -0.39 is 5.97 Å². The first-order valence-corrected chi connectivity index (χ1v) is 5.30. The van der Waals surface area contributed by atoms with Crippen molar-refractivity contribution in [2.75, 3.05) is 18.1 Å². The Kier molecular flexibility index (Phi) is 3.70. The zero-order chi connectivity index (χ0) is 10.6. The van der Waals surface area contributed by atoms with Gasteiger partial charge in [-0.1, -0.05) is 0 Å². The lowest BCUT2D eigenvalue weighted by molar-refractivity contribution is 0.0697. The average molecular weight is 213 g/mol. The van der Waals surface area contributed by atoms with E-state index in [2.05, 4.69) is 15.5 Å². The highest BCUT2D eigenvalue weighted by Gasteiger charge is 2.12. The predicted octanol–water partition coefficient (Wildman–Crippen LogP) is 1.33. The van der Waals surface area contributed by atoms with E-state index in [-0.39, 0.29) is 5.56 Å². The zero-order valence-corrected chi connectivity index (χ0v) is 8.76. The molecule has 0 bridgehead atoms. The normalized spacial score (nSPS) is 9.86. The molecule has 1 heterocycles. The fourth-order valence-electron chi connectivity index (χ4n) is 0.935. The summed E-state index contributed by atoms with van der Waals surface area (Å²) in [6.07, 6.45) is 1.82. The molecule has 6 heteroatoms. The Bertz CT molecular complexity index is 343. The summed E-state index contributed by atoms with van der Waals surface area (Å²) in [4.78, 5) is 10.8. The molecule has 76 valence electrons. The Labute approximate surface area is 85.9 Å². The summed E-state index contributed by atoms with van der Waals surface area (Å²) in [5.41, 5.74) is 0.159. The number of aromatic nitrogens is 2. The van der Waals surface area contributed by atoms with E-state index in [0.29, 0.717) is 17.4 Å². The molecule has 0 spiro atoms. The molecule has 5 nitrogen and oxygen atoms in total. The molecule has 1 aromatic rings. The van der Waals surface area contributed by atoms with Crippen molar-refractivity contribution in [3.05, 3.63) is 11.6 Å². The lowest BCUT2D eigenvalue weighted by Gasteiger charge is -2.05. The number of rotatable bonds is 4. The van der Waals surface area contributed by atoms with Gasteiger partial charge in [0, 0.05) is 6.54 Å². The maximum absolute atomic E-state index is 10.8. The van der Waals surface area contributed by atoms with Gasteiger partial charge >= 0.3 is 5.97 Å². The molecule has 0 amide bonds. The van der Waals surface area contributed by atoms with E-state index in [1.807, 2.05) is 13.2 Å². The van der Waals surface area contributed by atoms with Crippen LogP contribution in [0.25, 0.3) is 0 Å². The van der Waals surface area contributed by atoms with Crippen molar-refractivity contribution in [3.8, 4) is 0 Å². The fraction of sp³-hybridized carbons (Fsp3) is 0.375. The third kappa shape index (κ3) is 2.35. The fourth-order valence-corrected chi connectivity index (χ4v) is 1.29. The molecule has 0 unspecified atom stereocenters. The molecule has 0 aliphatic heterocycles. The van der Waals surface area contributed by atoms with Crippen molar-refractivity contribution >= 4 is 23.5 Å². The SMILES string of the molecule is CCNc1nnc(SC)cc1C(=O)O. The number of aromatic carboxylic acids is 1. The molecule has 0 aliphatic rings. The first-order chi connectivity index (χ1) is 6.69. The van der Waals surface area contributed by atoms with Gasteiger partial charge in [-0.25, -0.2) is 4.79 Å². The van der Waals surface area contributed by atoms with Gasteiger partial charge in [-0.05, 0) is 19.2 Å². The molecule has 0 atom stereocenters. The Hall–Kier alpha value is -1.30. The van der Waals surface area contributed by atoms with Crippen molar-refractivity contribution in [2.45, 2.75) is 11.9 Å². The molecule has 2 N–H and O–H groups in total. The average Bonchev–Trinajstić information content (AvgIpc) is 2.18. The molecule has 0 fully saturated rings. The highest BCUT2D eigenvalue weighted by atomic mass is 32.2. The Morgan fingerprint density at radius 3 is 2.86 bits per heavy atom. The topological polar surface area (TPSA) is 75.1 Å². The van der Waals surface area contributed by atoms with Crippen LogP contribution in [0.4, 0.5) is 5.82 Å². The summed E-state index contributed by atoms with van der Waals surface area (Å²) in [5, 5.41) is 20.0. The molecule has 0 aromatic carbocycles. The van der Waals surface area contributed by atoms with Crippen molar-refractivity contribution < 1.29 is 9.90 Å². The summed E-state index contributed by atoms with van der Waals surface area (Å²) in [6, 6.07) is 1.51. The van der Waals surface area contributed by atoms with Crippen LogP contribution in [-0.2, 0) is 0 Å². The smallest absolute Gasteiger partial charge is 0.339 e. The molecule has 0 aliphatic carbocycles. The van der Waals surface area contributed by atoms with Crippen LogP contribution in [0.2, 0.25) is 0 Å². The number of carbonyl (C=O) groups is 1. The Morgan fingerprint density at radius 1 is 1.64 bits per heavy atom. The molecular weight excluding hydrogens is 202 g/mol. The van der Waals surface area contributed by atoms with Gasteiger partial charge in [0.25, 0.3) is 0 Å². The summed E-state index contributed by atoms with van der Waals surface area (Å²) in [6.45, 7) is 2.49. The van der Waals surface area contributed by atoms with Gasteiger partial charge < -0.3 is 10.4 Å². The number of hydrogen-bond donors (Lipinski definition) is 2. The van der Waals surface area contributed by atoms with E-state index in [1.54, 1.807) is 0 Å². The molecule has 0 saturated heterocycles. The number of hydrogen-bond acceptors (Lipinski definition) is 5. The van der Waals surface area contributed by atoms with Crippen LogP contribution < -0.4 is 5.32 Å². The van der Waals surface area contributed by atoms with Crippen LogP contribution >= 0.6 is 11.8 Å². The van der Waals surface area contributed by atoms with Crippen molar-refractivity contribution in [3.63, 3.8) is 0 Å². The largest absolute Gasteiger partial charge is 0.478 e. The van der Waals surface area contributed by atoms with E-state index >= 15 is 0 Å². The van der Waals surface area contributed by atoms with E-state index in [4.69, 9.17) is 5.11 Å². The second-order valence-corrected chi connectivity index (χ2v) is 3.31. The first-order valence-electron chi connectivity index (χ1n) is 4.08. The summed E-state index contributed by atoms with van der Waals surface area (Å²) in [7, 11) is 0. The van der Waals surface area contributed by atoms with E-state index in [1.165, 1.54) is 17.8 Å². The van der Waals surface area contributed by atoms with Crippen molar-refractivity contribution in [2.24, 2.45) is 0 Å². The second-order valence-electron chi connectivity index (χ2n) is 2.48. The van der Waals surface area contributed by atoms with Crippen LogP contribution in [0.5, 0.6) is 0 Å². The Morgan fingerprint density at radius 2 is 2.36 bits per heavy atom. The minimum Gasteiger partial charge on any atom is -0.478 e. The first kappa shape index (κ1) is 10.8. The number of carboxylic acid groups (broad SMARTS) is 1. The van der Waals surface area contributed by atoms with Gasteiger partial charge in [-0.3, -0.25) is 0 Å². The van der Waals surface area contributed by atoms with Crippen LogP contribution in [0.15, 0.2) is 11.1 Å². The molecular formula is C8H11N3O2S. The Balaban J connectivity index is 3.10. The summed E-state index contributed by atoms with van der Waals surface area (Å²) in [5.74, 6) is -0.677. The molecule has 0 saturated carbocycles. The summed E-state index contributed by atoms with van der Waals surface area (Å²) >= 11 is 1.36. The molecule has 1 rings (SSSR count). The highest BCUT2D eigenvalue weighted by Crippen LogP contribution is 2.17. The number of nitrogens with zero attached hydrogens (tertiary/aromatic N) is 2. The van der Waals surface area contributed by atoms with Crippen LogP contribution in [0, 0.1) is 0 Å². The molecule has 1 aromatic heterocycles. The van der Waals surface area contributed by atoms with Crippen LogP contribution in [0.1, 0.15) is 17.3 Å². The molecule has 14 heavy (non-hydrogen) atoms. The monoisotopic (exact) mass is 213 g/mol. The highest BCUT2D eigenvalue weighted by molar-refractivity contribution is 7.98. The minimum absolute atomic E-state index is 0.159. The maximum atomic E-state index is 10.8. The quantitative estimate of drug-likeness (QED) is 0.735. The van der Waals surface area contributed by atoms with Gasteiger partial charge in [0.05, 0.1) is 0 Å². The second kappa shape index (κ2) is 4.80. The third-order valence-corrected chi connectivity index (χ3v) is 2.17. The number of thioether (sulfide) groups is 1. The van der Waals surface area contributed by atoms with Gasteiger partial charge in [0.2, 0.25) is 0 Å². The molecule has 0 radical (unpaired) electrons. The maximum Gasteiger partial charge on any atom is 0.339 e. The number of anilines is 1. The van der Waals surface area contributed by atoms with Gasteiger partial charge in [0.15, 0.2) is 5.82 Å². The predicted molar refractivity (Wildman–Crippen MR) is 54.9 cm³/mol. The lowest BCUT2D eigenvalue weighted by atomic mass is 10.3. The minimum atomic E-state index is -0.994. The van der Waals surface area contributed by atoms with E-state index in [9.17, 15) is 4.79 Å². The van der Waals surface area contributed by atoms with Gasteiger partial charge in [-0.2, -0.15) is 0 Å². The number of carboxylic acids is 1. The lowest BCUT2D eigenvalue weighted by Crippen LogP contribution is -2.09. The van der Waals surface area contributed by atoms with E-state index in [0.717, 1.165) is 0 Å². The van der Waals surface area contributed by atoms with Crippen molar-refractivity contribution in [1.29, 1.82) is 0 Å². The van der Waals surface area contributed by atoms with Crippen molar-refractivity contribution in [1.82, 2.24) is 10.2 Å². The number of nitrogens with one attached hydrogen (secondary N) is 1. The van der Waals surface area contributed by atoms with Gasteiger partial charge in [0.1, 0.15) is 10.6 Å². The van der Waals surface area contributed by atoms with Crippen LogP contribution in [-0.4, -0.2) is 34.1 Å². The zero-order valence-electron chi connectivity index (χ0n) is 7.94. The standard InChI is InChI=1S/C8H11N3O2S/c1-3-9-7-5(8(12)13)4-6(14-2)10-11-7/h4H,3H2,1-2H3,(H,9,11)(H,12,13). The van der Waals surface area contributed by atoms with Gasteiger partial charge in [-0.15, -0.1) is 22.0 Å². The van der Waals surface area contributed by atoms with Crippen LogP contribution in [0.3, 0.4) is 0 Å².